The molecule has 0 atom stereocenters. The molecule has 1 aliphatic heterocycles. The third-order valence-corrected chi connectivity index (χ3v) is 5.64. The number of amides is 1. The van der Waals surface area contributed by atoms with E-state index >= 15 is 0 Å². The summed E-state index contributed by atoms with van der Waals surface area (Å²) >= 11 is 0. The predicted molar refractivity (Wildman–Crippen MR) is 119 cm³/mol. The molecular weight excluding hydrogens is 408 g/mol. The first-order valence-corrected chi connectivity index (χ1v) is 10.6. The number of nitrogens with zero attached hydrogens (tertiary/aromatic N) is 2. The van der Waals surface area contributed by atoms with Crippen LogP contribution in [-0.2, 0) is 17.8 Å². The first kappa shape index (κ1) is 20.3. The lowest BCUT2D eigenvalue weighted by Gasteiger charge is -2.26. The fourth-order valence-electron chi connectivity index (χ4n) is 3.94. The van der Waals surface area contributed by atoms with Gasteiger partial charge >= 0.3 is 0 Å². The van der Waals surface area contributed by atoms with E-state index in [1.807, 2.05) is 18.3 Å². The number of furan rings is 1. The Morgan fingerprint density at radius 1 is 1.19 bits per heavy atom. The number of aromatic nitrogens is 2. The Kier molecular flexibility index (Phi) is 5.62. The van der Waals surface area contributed by atoms with Gasteiger partial charge in [-0.25, -0.2) is 0 Å². The van der Waals surface area contributed by atoms with Gasteiger partial charge in [0.2, 0.25) is 0 Å². The summed E-state index contributed by atoms with van der Waals surface area (Å²) in [5.41, 5.74) is 3.56. The molecule has 3 aromatic heterocycles. The quantitative estimate of drug-likeness (QED) is 0.432. The normalized spacial score (nSPS) is 14.6. The van der Waals surface area contributed by atoms with Crippen LogP contribution in [-0.4, -0.2) is 52.2 Å². The van der Waals surface area contributed by atoms with Crippen molar-refractivity contribution in [1.82, 2.24) is 20.2 Å². The molecule has 4 aromatic rings. The van der Waals surface area contributed by atoms with E-state index in [1.54, 1.807) is 36.6 Å². The van der Waals surface area contributed by atoms with Gasteiger partial charge in [0.15, 0.2) is 5.88 Å². The molecule has 8 nitrogen and oxygen atoms in total. The molecule has 0 radical (unpaired) electrons. The van der Waals surface area contributed by atoms with Gasteiger partial charge in [0.1, 0.15) is 5.76 Å². The van der Waals surface area contributed by atoms with E-state index in [1.165, 1.54) is 0 Å². The minimum atomic E-state index is -0.219. The van der Waals surface area contributed by atoms with Crippen LogP contribution in [0.3, 0.4) is 0 Å². The van der Waals surface area contributed by atoms with Gasteiger partial charge in [-0.2, -0.15) is 0 Å². The molecule has 1 fully saturated rings. The number of morpholine rings is 1. The van der Waals surface area contributed by atoms with E-state index in [0.29, 0.717) is 29.1 Å². The largest absolute Gasteiger partial charge is 0.494 e. The maximum Gasteiger partial charge on any atom is 0.251 e. The Labute approximate surface area is 184 Å². The van der Waals surface area contributed by atoms with Gasteiger partial charge < -0.3 is 24.6 Å². The number of H-pyrrole nitrogens is 1. The van der Waals surface area contributed by atoms with Gasteiger partial charge in [-0.3, -0.25) is 14.7 Å². The molecule has 1 amide bonds. The topological polar surface area (TPSA) is 104 Å². The highest BCUT2D eigenvalue weighted by atomic mass is 16.5. The molecule has 0 unspecified atom stereocenters. The first-order valence-electron chi connectivity index (χ1n) is 10.6. The Balaban J connectivity index is 1.37. The standard InChI is InChI=1S/C24H24N4O4/c29-23(26-14-18-2-1-9-32-18)17-4-6-20-19(12-17)22(24(30)27-20)21-5-3-16(13-25-21)15-28-7-10-31-11-8-28/h1-6,9,12-13,27,30H,7-8,10-11,14-15H2,(H,26,29). The van der Waals surface area contributed by atoms with Crippen LogP contribution in [0, 0.1) is 0 Å². The number of aromatic hydroxyl groups is 1. The van der Waals surface area contributed by atoms with Crippen LogP contribution >= 0.6 is 0 Å². The monoisotopic (exact) mass is 432 g/mol. The molecular formula is C24H24N4O4. The second-order valence-electron chi connectivity index (χ2n) is 7.81. The Hall–Kier alpha value is -3.62. The fourth-order valence-corrected chi connectivity index (χ4v) is 3.94. The zero-order valence-corrected chi connectivity index (χ0v) is 17.5. The molecule has 5 rings (SSSR count). The van der Waals surface area contributed by atoms with Gasteiger partial charge in [0.05, 0.1) is 37.3 Å². The maximum atomic E-state index is 12.6. The van der Waals surface area contributed by atoms with E-state index < -0.39 is 0 Å². The van der Waals surface area contributed by atoms with Crippen molar-refractivity contribution in [3.63, 3.8) is 0 Å². The van der Waals surface area contributed by atoms with Crippen LogP contribution in [0.1, 0.15) is 21.7 Å². The number of carbonyl (C=O) groups excluding carboxylic acids is 1. The summed E-state index contributed by atoms with van der Waals surface area (Å²) < 4.78 is 10.7. The predicted octanol–water partition coefficient (Wildman–Crippen LogP) is 3.29. The van der Waals surface area contributed by atoms with Crippen molar-refractivity contribution in [2.75, 3.05) is 26.3 Å². The highest BCUT2D eigenvalue weighted by Gasteiger charge is 2.17. The van der Waals surface area contributed by atoms with E-state index in [2.05, 4.69) is 20.2 Å². The number of hydrogen-bond donors (Lipinski definition) is 3. The number of pyridine rings is 1. The number of carbonyl (C=O) groups is 1. The van der Waals surface area contributed by atoms with Crippen LogP contribution < -0.4 is 5.32 Å². The van der Waals surface area contributed by atoms with Gasteiger partial charge in [-0.15, -0.1) is 0 Å². The Morgan fingerprint density at radius 2 is 2.06 bits per heavy atom. The summed E-state index contributed by atoms with van der Waals surface area (Å²) in [7, 11) is 0. The zero-order chi connectivity index (χ0) is 21.9. The summed E-state index contributed by atoms with van der Waals surface area (Å²) in [4.78, 5) is 22.5. The summed E-state index contributed by atoms with van der Waals surface area (Å²) in [5, 5.41) is 14.1. The Bertz CT molecular complexity index is 1210. The molecule has 1 saturated heterocycles. The molecule has 0 bridgehead atoms. The SMILES string of the molecule is O=C(NCc1ccco1)c1ccc2[nH]c(O)c(-c3ccc(CN4CCOCC4)cn3)c2c1. The van der Waals surface area contributed by atoms with Crippen LogP contribution in [0.5, 0.6) is 5.88 Å². The lowest BCUT2D eigenvalue weighted by Crippen LogP contribution is -2.35. The number of nitrogens with one attached hydrogen (secondary N) is 2. The van der Waals surface area contributed by atoms with Gasteiger partial charge in [0.25, 0.3) is 5.91 Å². The first-order chi connectivity index (χ1) is 15.7. The van der Waals surface area contributed by atoms with Crippen LogP contribution in [0.4, 0.5) is 0 Å². The van der Waals surface area contributed by atoms with E-state index in [-0.39, 0.29) is 11.8 Å². The Morgan fingerprint density at radius 3 is 2.81 bits per heavy atom. The molecule has 1 aromatic carbocycles. The molecule has 0 spiro atoms. The van der Waals surface area contributed by atoms with Crippen molar-refractivity contribution in [3.8, 4) is 17.1 Å². The van der Waals surface area contributed by atoms with Crippen molar-refractivity contribution in [2.45, 2.75) is 13.1 Å². The second kappa shape index (κ2) is 8.86. The third kappa shape index (κ3) is 4.23. The number of rotatable bonds is 6. The molecule has 3 N–H and O–H groups in total. The summed E-state index contributed by atoms with van der Waals surface area (Å²) in [6.07, 6.45) is 3.41. The lowest BCUT2D eigenvalue weighted by atomic mass is 10.1. The average Bonchev–Trinajstić information content (AvgIpc) is 3.45. The lowest BCUT2D eigenvalue weighted by molar-refractivity contribution is 0.0341. The molecule has 164 valence electrons. The van der Waals surface area contributed by atoms with Crippen molar-refractivity contribution in [3.05, 3.63) is 71.8 Å². The highest BCUT2D eigenvalue weighted by Crippen LogP contribution is 2.36. The van der Waals surface area contributed by atoms with Gasteiger partial charge in [-0.1, -0.05) is 6.07 Å². The van der Waals surface area contributed by atoms with Crippen molar-refractivity contribution in [2.24, 2.45) is 0 Å². The van der Waals surface area contributed by atoms with Crippen molar-refractivity contribution < 1.29 is 19.1 Å². The fraction of sp³-hybridized carbons (Fsp3) is 0.250. The number of ether oxygens (including phenoxy) is 1. The van der Waals surface area contributed by atoms with E-state index in [0.717, 1.165) is 49.3 Å². The summed E-state index contributed by atoms with van der Waals surface area (Å²) in [6.45, 7) is 4.46. The second-order valence-corrected chi connectivity index (χ2v) is 7.81. The summed E-state index contributed by atoms with van der Waals surface area (Å²) in [6, 6.07) is 12.8. The van der Waals surface area contributed by atoms with Crippen molar-refractivity contribution in [1.29, 1.82) is 0 Å². The maximum absolute atomic E-state index is 12.6. The molecule has 1 aliphatic rings. The smallest absolute Gasteiger partial charge is 0.251 e. The minimum Gasteiger partial charge on any atom is -0.494 e. The molecule has 0 saturated carbocycles. The van der Waals surface area contributed by atoms with Crippen LogP contribution in [0.2, 0.25) is 0 Å². The number of aromatic amines is 1. The van der Waals surface area contributed by atoms with Gasteiger partial charge in [0, 0.05) is 42.3 Å². The van der Waals surface area contributed by atoms with Crippen molar-refractivity contribution >= 4 is 16.8 Å². The third-order valence-electron chi connectivity index (χ3n) is 5.64. The molecule has 4 heterocycles. The average molecular weight is 432 g/mol. The van der Waals surface area contributed by atoms with E-state index in [9.17, 15) is 9.90 Å². The molecule has 8 heteroatoms. The minimum absolute atomic E-state index is 0.0292. The van der Waals surface area contributed by atoms with Gasteiger partial charge in [-0.05, 0) is 42.0 Å². The number of fused-ring (bicyclic) bond motifs is 1. The highest BCUT2D eigenvalue weighted by molar-refractivity contribution is 6.03. The van der Waals surface area contributed by atoms with Crippen LogP contribution in [0.15, 0.2) is 59.3 Å². The van der Waals surface area contributed by atoms with Crippen LogP contribution in [0.25, 0.3) is 22.2 Å². The number of benzene rings is 1. The summed E-state index contributed by atoms with van der Waals surface area (Å²) in [5.74, 6) is 0.492. The van der Waals surface area contributed by atoms with E-state index in [4.69, 9.17) is 9.15 Å². The molecule has 32 heavy (non-hydrogen) atoms. The number of hydrogen-bond acceptors (Lipinski definition) is 6. The zero-order valence-electron chi connectivity index (χ0n) is 17.5. The molecule has 0 aliphatic carbocycles.